The van der Waals surface area contributed by atoms with Gasteiger partial charge in [0.2, 0.25) is 0 Å². The van der Waals surface area contributed by atoms with E-state index in [0.717, 1.165) is 31.2 Å². The number of aromatic nitrogens is 2. The number of aryl methyl sites for hydroxylation is 3. The van der Waals surface area contributed by atoms with E-state index in [0.29, 0.717) is 25.4 Å². The largest absolute Gasteiger partial charge is 0.492 e. The first-order valence-corrected chi connectivity index (χ1v) is 9.00. The van der Waals surface area contributed by atoms with Crippen LogP contribution in [0.5, 0.6) is 5.75 Å². The second-order valence-electron chi connectivity index (χ2n) is 6.00. The lowest BCUT2D eigenvalue weighted by molar-refractivity contribution is 0.320. The van der Waals surface area contributed by atoms with Gasteiger partial charge < -0.3 is 15.4 Å². The van der Waals surface area contributed by atoms with Gasteiger partial charge in [0.25, 0.3) is 0 Å². The molecule has 1 aromatic heterocycles. The molecule has 2 rings (SSSR count). The van der Waals surface area contributed by atoms with Crippen molar-refractivity contribution >= 4 is 5.96 Å². The molecule has 0 bridgehead atoms. The first-order valence-electron chi connectivity index (χ1n) is 9.00. The molecule has 0 fully saturated rings. The molecular weight excluding hydrogens is 333 g/mol. The fourth-order valence-electron chi connectivity index (χ4n) is 2.55. The number of halogens is 1. The molecule has 1 aromatic carbocycles. The van der Waals surface area contributed by atoms with E-state index >= 15 is 0 Å². The van der Waals surface area contributed by atoms with Crippen LogP contribution in [0.4, 0.5) is 4.39 Å². The van der Waals surface area contributed by atoms with Crippen molar-refractivity contribution < 1.29 is 9.13 Å². The van der Waals surface area contributed by atoms with Gasteiger partial charge in [0.15, 0.2) is 5.96 Å². The summed E-state index contributed by atoms with van der Waals surface area (Å²) in [6.07, 6.45) is 0.915. The van der Waals surface area contributed by atoms with Crippen LogP contribution in [0.25, 0.3) is 0 Å². The number of nitrogens with zero attached hydrogens (tertiary/aromatic N) is 3. The van der Waals surface area contributed by atoms with Gasteiger partial charge in [-0.3, -0.25) is 9.67 Å². The molecule has 0 aliphatic carbocycles. The SMILES string of the molecule is CCNC(=NCCCn1nc(C)cc1C)NCCOc1cccc(F)c1. The van der Waals surface area contributed by atoms with Crippen LogP contribution in [0, 0.1) is 19.7 Å². The first kappa shape index (κ1) is 19.8. The van der Waals surface area contributed by atoms with Crippen LogP contribution in [-0.4, -0.2) is 42.0 Å². The lowest BCUT2D eigenvalue weighted by Crippen LogP contribution is -2.39. The Labute approximate surface area is 154 Å². The highest BCUT2D eigenvalue weighted by molar-refractivity contribution is 5.79. The van der Waals surface area contributed by atoms with E-state index in [1.807, 2.05) is 18.5 Å². The van der Waals surface area contributed by atoms with Crippen LogP contribution in [0.15, 0.2) is 35.3 Å². The summed E-state index contributed by atoms with van der Waals surface area (Å²) in [5.41, 5.74) is 2.21. The predicted molar refractivity (Wildman–Crippen MR) is 102 cm³/mol. The minimum Gasteiger partial charge on any atom is -0.492 e. The minimum atomic E-state index is -0.298. The molecule has 2 aromatic rings. The van der Waals surface area contributed by atoms with Gasteiger partial charge in [-0.2, -0.15) is 5.10 Å². The Bertz CT molecular complexity index is 714. The third-order valence-electron chi connectivity index (χ3n) is 3.70. The highest BCUT2D eigenvalue weighted by Crippen LogP contribution is 2.11. The maximum absolute atomic E-state index is 13.1. The molecule has 1 heterocycles. The van der Waals surface area contributed by atoms with E-state index in [-0.39, 0.29) is 5.82 Å². The van der Waals surface area contributed by atoms with Crippen molar-refractivity contribution in [2.75, 3.05) is 26.2 Å². The highest BCUT2D eigenvalue weighted by atomic mass is 19.1. The third kappa shape index (κ3) is 6.74. The standard InChI is InChI=1S/C19H28FN5O/c1-4-21-19(22-9-6-11-25-16(3)13-15(2)24-25)23-10-12-26-18-8-5-7-17(20)14-18/h5,7-8,13-14H,4,6,9-12H2,1-3H3,(H2,21,22,23). The van der Waals surface area contributed by atoms with Crippen LogP contribution in [-0.2, 0) is 6.54 Å². The topological polar surface area (TPSA) is 63.5 Å². The molecular formula is C19H28FN5O. The normalized spacial score (nSPS) is 11.5. The van der Waals surface area contributed by atoms with E-state index in [1.165, 1.54) is 17.8 Å². The monoisotopic (exact) mass is 361 g/mol. The van der Waals surface area contributed by atoms with E-state index in [4.69, 9.17) is 4.74 Å². The average Bonchev–Trinajstić information content (AvgIpc) is 2.93. The number of hydrogen-bond donors (Lipinski definition) is 2. The van der Waals surface area contributed by atoms with Crippen molar-refractivity contribution in [3.8, 4) is 5.75 Å². The number of guanidine groups is 1. The number of benzene rings is 1. The number of aliphatic imine (C=N–C) groups is 1. The van der Waals surface area contributed by atoms with Gasteiger partial charge in [-0.05, 0) is 45.4 Å². The van der Waals surface area contributed by atoms with Gasteiger partial charge in [-0.25, -0.2) is 4.39 Å². The van der Waals surface area contributed by atoms with Crippen molar-refractivity contribution in [3.63, 3.8) is 0 Å². The quantitative estimate of drug-likeness (QED) is 0.409. The zero-order valence-electron chi connectivity index (χ0n) is 15.8. The molecule has 0 radical (unpaired) electrons. The van der Waals surface area contributed by atoms with Gasteiger partial charge in [0.1, 0.15) is 18.2 Å². The molecule has 6 nitrogen and oxygen atoms in total. The smallest absolute Gasteiger partial charge is 0.191 e. The van der Waals surface area contributed by atoms with E-state index in [1.54, 1.807) is 12.1 Å². The lowest BCUT2D eigenvalue weighted by atomic mass is 10.3. The summed E-state index contributed by atoms with van der Waals surface area (Å²) in [4.78, 5) is 4.56. The number of ether oxygens (including phenoxy) is 1. The summed E-state index contributed by atoms with van der Waals surface area (Å²) in [6.45, 7) is 9.45. The first-order chi connectivity index (χ1) is 12.6. The second kappa shape index (κ2) is 10.4. The van der Waals surface area contributed by atoms with Gasteiger partial charge in [0.05, 0.1) is 12.2 Å². The summed E-state index contributed by atoms with van der Waals surface area (Å²) in [5.74, 6) is 0.982. The van der Waals surface area contributed by atoms with E-state index in [2.05, 4.69) is 33.7 Å². The maximum Gasteiger partial charge on any atom is 0.191 e. The van der Waals surface area contributed by atoms with Crippen LogP contribution in [0.3, 0.4) is 0 Å². The summed E-state index contributed by atoms with van der Waals surface area (Å²) < 4.78 is 20.6. The molecule has 0 aliphatic heterocycles. The molecule has 2 N–H and O–H groups in total. The fraction of sp³-hybridized carbons (Fsp3) is 0.474. The third-order valence-corrected chi connectivity index (χ3v) is 3.70. The van der Waals surface area contributed by atoms with Gasteiger partial charge >= 0.3 is 0 Å². The molecule has 26 heavy (non-hydrogen) atoms. The Kier molecular flexibility index (Phi) is 7.92. The molecule has 142 valence electrons. The van der Waals surface area contributed by atoms with Gasteiger partial charge in [0, 0.05) is 31.4 Å². The Morgan fingerprint density at radius 1 is 1.27 bits per heavy atom. The molecule has 0 amide bonds. The van der Waals surface area contributed by atoms with Crippen molar-refractivity contribution in [2.45, 2.75) is 33.7 Å². The van der Waals surface area contributed by atoms with Crippen molar-refractivity contribution in [2.24, 2.45) is 4.99 Å². The Balaban J connectivity index is 1.71. The summed E-state index contributed by atoms with van der Waals surface area (Å²) in [5, 5.41) is 10.9. The average molecular weight is 361 g/mol. The zero-order valence-corrected chi connectivity index (χ0v) is 15.8. The van der Waals surface area contributed by atoms with Crippen LogP contribution >= 0.6 is 0 Å². The summed E-state index contributed by atoms with van der Waals surface area (Å²) in [7, 11) is 0. The molecule has 0 spiro atoms. The molecule has 0 saturated heterocycles. The molecule has 0 unspecified atom stereocenters. The number of nitrogens with one attached hydrogen (secondary N) is 2. The molecule has 7 heteroatoms. The van der Waals surface area contributed by atoms with Crippen molar-refractivity contribution in [1.29, 1.82) is 0 Å². The second-order valence-corrected chi connectivity index (χ2v) is 6.00. The lowest BCUT2D eigenvalue weighted by Gasteiger charge is -2.12. The zero-order chi connectivity index (χ0) is 18.8. The highest BCUT2D eigenvalue weighted by Gasteiger charge is 2.01. The Hall–Kier alpha value is -2.57. The van der Waals surface area contributed by atoms with Crippen molar-refractivity contribution in [1.82, 2.24) is 20.4 Å². The fourth-order valence-corrected chi connectivity index (χ4v) is 2.55. The van der Waals surface area contributed by atoms with E-state index in [9.17, 15) is 4.39 Å². The number of rotatable bonds is 9. The Morgan fingerprint density at radius 3 is 2.81 bits per heavy atom. The number of hydrogen-bond acceptors (Lipinski definition) is 3. The minimum absolute atomic E-state index is 0.298. The van der Waals surface area contributed by atoms with Crippen LogP contribution < -0.4 is 15.4 Å². The van der Waals surface area contributed by atoms with Crippen LogP contribution in [0.2, 0.25) is 0 Å². The Morgan fingerprint density at radius 2 is 2.12 bits per heavy atom. The maximum atomic E-state index is 13.1. The molecule has 0 saturated carbocycles. The van der Waals surface area contributed by atoms with Gasteiger partial charge in [-0.15, -0.1) is 0 Å². The van der Waals surface area contributed by atoms with Crippen LogP contribution in [0.1, 0.15) is 24.7 Å². The van der Waals surface area contributed by atoms with Crippen molar-refractivity contribution in [3.05, 3.63) is 47.5 Å². The summed E-state index contributed by atoms with van der Waals surface area (Å²) in [6, 6.07) is 8.21. The van der Waals surface area contributed by atoms with E-state index < -0.39 is 0 Å². The predicted octanol–water partition coefficient (Wildman–Crippen LogP) is 2.66. The molecule has 0 aliphatic rings. The summed E-state index contributed by atoms with van der Waals surface area (Å²) >= 11 is 0. The molecule has 0 atom stereocenters. The van der Waals surface area contributed by atoms with Gasteiger partial charge in [-0.1, -0.05) is 6.07 Å².